The fourth-order valence-electron chi connectivity index (χ4n) is 1.17. The number of rotatable bonds is 8. The Morgan fingerprint density at radius 2 is 2.19 bits per heavy atom. The monoisotopic (exact) mass is 236 g/mol. The van der Waals surface area contributed by atoms with Crippen LogP contribution >= 0.6 is 0 Å². The van der Waals surface area contributed by atoms with Gasteiger partial charge in [-0.25, -0.2) is 8.78 Å². The van der Waals surface area contributed by atoms with Crippen molar-refractivity contribution in [1.29, 1.82) is 0 Å². The molecule has 1 aliphatic carbocycles. The van der Waals surface area contributed by atoms with Crippen molar-refractivity contribution in [2.75, 3.05) is 19.8 Å². The van der Waals surface area contributed by atoms with Crippen molar-refractivity contribution in [2.45, 2.75) is 38.3 Å². The van der Waals surface area contributed by atoms with Crippen LogP contribution in [0, 0.1) is 0 Å². The van der Waals surface area contributed by atoms with Gasteiger partial charge in [-0.05, 0) is 19.8 Å². The standard InChI is InChI=1S/C10H18F2N2O2/c1-7(10(15)14-8-2-3-8)13-4-5-16-6-9(11)12/h7-9,13H,2-6H2,1H3,(H,14,15). The Labute approximate surface area is 93.7 Å². The van der Waals surface area contributed by atoms with Gasteiger partial charge < -0.3 is 15.4 Å². The summed E-state index contributed by atoms with van der Waals surface area (Å²) in [5, 5.41) is 5.76. The number of hydrogen-bond donors (Lipinski definition) is 2. The first-order chi connectivity index (χ1) is 7.59. The van der Waals surface area contributed by atoms with Gasteiger partial charge in [0.1, 0.15) is 6.61 Å². The zero-order valence-electron chi connectivity index (χ0n) is 9.34. The Morgan fingerprint density at radius 3 is 2.75 bits per heavy atom. The minimum atomic E-state index is -2.43. The lowest BCUT2D eigenvalue weighted by Gasteiger charge is -2.13. The average Bonchev–Trinajstić information content (AvgIpc) is 3.00. The first-order valence-electron chi connectivity index (χ1n) is 5.49. The van der Waals surface area contributed by atoms with Crippen molar-refractivity contribution in [1.82, 2.24) is 10.6 Å². The Kier molecular flexibility index (Phi) is 5.62. The largest absolute Gasteiger partial charge is 0.374 e. The van der Waals surface area contributed by atoms with Gasteiger partial charge in [0.2, 0.25) is 5.91 Å². The van der Waals surface area contributed by atoms with E-state index in [1.807, 2.05) is 0 Å². The minimum absolute atomic E-state index is 0.0450. The van der Waals surface area contributed by atoms with Crippen molar-refractivity contribution < 1.29 is 18.3 Å². The van der Waals surface area contributed by atoms with E-state index in [2.05, 4.69) is 15.4 Å². The third kappa shape index (κ3) is 5.97. The summed E-state index contributed by atoms with van der Waals surface area (Å²) in [4.78, 5) is 11.4. The van der Waals surface area contributed by atoms with E-state index in [0.29, 0.717) is 12.6 Å². The zero-order chi connectivity index (χ0) is 12.0. The predicted octanol–water partition coefficient (Wildman–Crippen LogP) is 0.525. The van der Waals surface area contributed by atoms with E-state index in [4.69, 9.17) is 0 Å². The molecule has 1 rings (SSSR count). The number of carbonyl (C=O) groups is 1. The minimum Gasteiger partial charge on any atom is -0.374 e. The number of halogens is 2. The van der Waals surface area contributed by atoms with Crippen LogP contribution in [0.5, 0.6) is 0 Å². The second kappa shape index (κ2) is 6.75. The molecule has 2 N–H and O–H groups in total. The van der Waals surface area contributed by atoms with Crippen molar-refractivity contribution in [3.63, 3.8) is 0 Å². The molecule has 0 aliphatic heterocycles. The topological polar surface area (TPSA) is 50.4 Å². The van der Waals surface area contributed by atoms with Gasteiger partial charge in [0.05, 0.1) is 12.6 Å². The molecule has 1 atom stereocenters. The van der Waals surface area contributed by atoms with Crippen LogP contribution in [0.3, 0.4) is 0 Å². The van der Waals surface area contributed by atoms with Crippen LogP contribution in [0.4, 0.5) is 8.78 Å². The molecule has 0 radical (unpaired) electrons. The smallest absolute Gasteiger partial charge is 0.261 e. The van der Waals surface area contributed by atoms with Crippen LogP contribution in [0.1, 0.15) is 19.8 Å². The fraction of sp³-hybridized carbons (Fsp3) is 0.900. The molecular weight excluding hydrogens is 218 g/mol. The maximum absolute atomic E-state index is 11.7. The third-order valence-corrected chi connectivity index (χ3v) is 2.26. The van der Waals surface area contributed by atoms with Gasteiger partial charge in [-0.1, -0.05) is 0 Å². The maximum Gasteiger partial charge on any atom is 0.261 e. The first-order valence-corrected chi connectivity index (χ1v) is 5.49. The number of alkyl halides is 2. The summed E-state index contributed by atoms with van der Waals surface area (Å²) in [5.41, 5.74) is 0. The molecule has 0 heterocycles. The van der Waals surface area contributed by atoms with Gasteiger partial charge >= 0.3 is 0 Å². The van der Waals surface area contributed by atoms with Crippen LogP contribution in [0.2, 0.25) is 0 Å². The third-order valence-electron chi connectivity index (χ3n) is 2.26. The van der Waals surface area contributed by atoms with Crippen molar-refractivity contribution in [3.8, 4) is 0 Å². The van der Waals surface area contributed by atoms with Crippen molar-refractivity contribution in [2.24, 2.45) is 0 Å². The molecule has 0 bridgehead atoms. The molecule has 1 unspecified atom stereocenters. The summed E-state index contributed by atoms with van der Waals surface area (Å²) in [6.07, 6.45) is -0.332. The zero-order valence-corrected chi connectivity index (χ0v) is 9.34. The Balaban J connectivity index is 1.96. The van der Waals surface area contributed by atoms with Gasteiger partial charge in [0, 0.05) is 12.6 Å². The summed E-state index contributed by atoms with van der Waals surface area (Å²) in [5.74, 6) is -0.0450. The molecule has 1 aliphatic rings. The van der Waals surface area contributed by atoms with E-state index >= 15 is 0 Å². The van der Waals surface area contributed by atoms with Crippen LogP contribution in [-0.4, -0.2) is 44.2 Å². The molecule has 16 heavy (non-hydrogen) atoms. The summed E-state index contributed by atoms with van der Waals surface area (Å²) < 4.78 is 28.1. The molecule has 0 spiro atoms. The Hall–Kier alpha value is -0.750. The quantitative estimate of drug-likeness (QED) is 0.604. The van der Waals surface area contributed by atoms with E-state index in [1.54, 1.807) is 6.92 Å². The number of hydrogen-bond acceptors (Lipinski definition) is 3. The summed E-state index contributed by atoms with van der Waals surface area (Å²) in [6.45, 7) is 1.77. The molecule has 1 amide bonds. The molecule has 1 saturated carbocycles. The average molecular weight is 236 g/mol. The van der Waals surface area contributed by atoms with E-state index in [1.165, 1.54) is 0 Å². The first kappa shape index (κ1) is 13.3. The maximum atomic E-state index is 11.7. The molecule has 6 heteroatoms. The van der Waals surface area contributed by atoms with E-state index in [9.17, 15) is 13.6 Å². The highest BCUT2D eigenvalue weighted by molar-refractivity contribution is 5.81. The summed E-state index contributed by atoms with van der Waals surface area (Å²) in [6, 6.07) is 0.0302. The lowest BCUT2D eigenvalue weighted by atomic mass is 10.3. The highest BCUT2D eigenvalue weighted by Gasteiger charge is 2.25. The molecule has 94 valence electrons. The lowest BCUT2D eigenvalue weighted by molar-refractivity contribution is -0.123. The lowest BCUT2D eigenvalue weighted by Crippen LogP contribution is -2.44. The van der Waals surface area contributed by atoms with Gasteiger partial charge in [-0.3, -0.25) is 4.79 Å². The molecular formula is C10H18F2N2O2. The number of amides is 1. The van der Waals surface area contributed by atoms with Gasteiger partial charge in [0.25, 0.3) is 6.43 Å². The van der Waals surface area contributed by atoms with Crippen LogP contribution in [0.15, 0.2) is 0 Å². The molecule has 0 aromatic rings. The summed E-state index contributed by atoms with van der Waals surface area (Å²) >= 11 is 0. The molecule has 0 aromatic heterocycles. The highest BCUT2D eigenvalue weighted by atomic mass is 19.3. The van der Waals surface area contributed by atoms with Gasteiger partial charge in [-0.15, -0.1) is 0 Å². The second-order valence-electron chi connectivity index (χ2n) is 3.92. The number of carbonyl (C=O) groups excluding carboxylic acids is 1. The van der Waals surface area contributed by atoms with Crippen molar-refractivity contribution in [3.05, 3.63) is 0 Å². The Morgan fingerprint density at radius 1 is 1.50 bits per heavy atom. The number of nitrogens with one attached hydrogen (secondary N) is 2. The van der Waals surface area contributed by atoms with Crippen LogP contribution in [0.25, 0.3) is 0 Å². The predicted molar refractivity (Wildman–Crippen MR) is 55.5 cm³/mol. The number of ether oxygens (including phenoxy) is 1. The molecule has 0 aromatic carbocycles. The van der Waals surface area contributed by atoms with Gasteiger partial charge in [0.15, 0.2) is 0 Å². The van der Waals surface area contributed by atoms with Crippen LogP contribution in [-0.2, 0) is 9.53 Å². The fourth-order valence-corrected chi connectivity index (χ4v) is 1.17. The molecule has 0 saturated heterocycles. The van der Waals surface area contributed by atoms with Crippen molar-refractivity contribution >= 4 is 5.91 Å². The highest BCUT2D eigenvalue weighted by Crippen LogP contribution is 2.18. The normalized spacial score (nSPS) is 17.5. The van der Waals surface area contributed by atoms with E-state index in [-0.39, 0.29) is 18.6 Å². The van der Waals surface area contributed by atoms with Crippen LogP contribution < -0.4 is 10.6 Å². The molecule has 4 nitrogen and oxygen atoms in total. The summed E-state index contributed by atoms with van der Waals surface area (Å²) in [7, 11) is 0. The SMILES string of the molecule is CC(NCCOCC(F)F)C(=O)NC1CC1. The van der Waals surface area contributed by atoms with E-state index in [0.717, 1.165) is 12.8 Å². The second-order valence-corrected chi connectivity index (χ2v) is 3.92. The molecule has 1 fully saturated rings. The van der Waals surface area contributed by atoms with E-state index < -0.39 is 13.0 Å². The Bertz CT molecular complexity index is 223. The van der Waals surface area contributed by atoms with Gasteiger partial charge in [-0.2, -0.15) is 0 Å².